The van der Waals surface area contributed by atoms with E-state index >= 15 is 0 Å². The molecule has 1 unspecified atom stereocenters. The molecule has 5 nitrogen and oxygen atoms in total. The Morgan fingerprint density at radius 3 is 2.40 bits per heavy atom. The van der Waals surface area contributed by atoms with Crippen LogP contribution in [0.25, 0.3) is 11.4 Å². The second kappa shape index (κ2) is 5.13. The monoisotopic (exact) mass is 265 g/mol. The van der Waals surface area contributed by atoms with Gasteiger partial charge in [0.25, 0.3) is 0 Å². The van der Waals surface area contributed by atoms with Crippen molar-refractivity contribution in [3.63, 3.8) is 0 Å². The summed E-state index contributed by atoms with van der Waals surface area (Å²) in [5.41, 5.74) is 8.55. The minimum absolute atomic E-state index is 0.0683. The Morgan fingerprint density at radius 2 is 1.70 bits per heavy atom. The Bertz CT molecular complexity index is 688. The summed E-state index contributed by atoms with van der Waals surface area (Å²) in [4.78, 5) is 0. The molecule has 0 amide bonds. The minimum atomic E-state index is 0.0683. The Labute approximate surface area is 117 Å². The summed E-state index contributed by atoms with van der Waals surface area (Å²) < 4.78 is 1.82. The van der Waals surface area contributed by atoms with Crippen LogP contribution in [0, 0.1) is 0 Å². The molecule has 100 valence electrons. The van der Waals surface area contributed by atoms with Crippen molar-refractivity contribution >= 4 is 5.69 Å². The van der Waals surface area contributed by atoms with Gasteiger partial charge in [-0.05, 0) is 47.2 Å². The molecular weight excluding hydrogens is 250 g/mol. The number of hydrogen-bond acceptors (Lipinski definition) is 4. The number of hydrogen-bond donors (Lipinski definition) is 1. The highest BCUT2D eigenvalue weighted by molar-refractivity contribution is 5.58. The topological polar surface area (TPSA) is 69.6 Å². The molecule has 0 aliphatic heterocycles. The van der Waals surface area contributed by atoms with Crippen LogP contribution in [0.1, 0.15) is 18.5 Å². The quantitative estimate of drug-likeness (QED) is 0.739. The van der Waals surface area contributed by atoms with Crippen LogP contribution < -0.4 is 5.73 Å². The lowest BCUT2D eigenvalue weighted by atomic mass is 10.1. The Morgan fingerprint density at radius 1 is 1.00 bits per heavy atom. The first-order chi connectivity index (χ1) is 9.75. The zero-order chi connectivity index (χ0) is 13.9. The predicted octanol–water partition coefficient (Wildman–Crippen LogP) is 2.53. The van der Waals surface area contributed by atoms with E-state index in [1.807, 2.05) is 47.1 Å². The van der Waals surface area contributed by atoms with E-state index in [1.54, 1.807) is 0 Å². The van der Waals surface area contributed by atoms with E-state index in [-0.39, 0.29) is 6.04 Å². The van der Waals surface area contributed by atoms with Crippen LogP contribution in [-0.4, -0.2) is 20.2 Å². The van der Waals surface area contributed by atoms with Gasteiger partial charge in [-0.15, -0.1) is 5.10 Å². The largest absolute Gasteiger partial charge is 0.399 e. The van der Waals surface area contributed by atoms with Gasteiger partial charge in [0.15, 0.2) is 5.82 Å². The number of anilines is 1. The molecule has 0 spiro atoms. The third kappa shape index (κ3) is 2.25. The van der Waals surface area contributed by atoms with Gasteiger partial charge < -0.3 is 5.73 Å². The molecule has 0 radical (unpaired) electrons. The molecule has 0 bridgehead atoms. The summed E-state index contributed by atoms with van der Waals surface area (Å²) in [6, 6.07) is 17.8. The van der Waals surface area contributed by atoms with Gasteiger partial charge in [0.05, 0.1) is 6.04 Å². The summed E-state index contributed by atoms with van der Waals surface area (Å²) in [6.45, 7) is 2.08. The number of benzene rings is 2. The molecule has 0 saturated carbocycles. The fourth-order valence-corrected chi connectivity index (χ4v) is 2.15. The van der Waals surface area contributed by atoms with Crippen LogP contribution in [0.5, 0.6) is 0 Å². The summed E-state index contributed by atoms with van der Waals surface area (Å²) in [7, 11) is 0. The maximum absolute atomic E-state index is 5.71. The van der Waals surface area contributed by atoms with Gasteiger partial charge in [0.1, 0.15) is 0 Å². The van der Waals surface area contributed by atoms with Gasteiger partial charge in [0.2, 0.25) is 0 Å². The van der Waals surface area contributed by atoms with Gasteiger partial charge in [-0.1, -0.05) is 30.3 Å². The smallest absolute Gasteiger partial charge is 0.182 e. The second-order valence-corrected chi connectivity index (χ2v) is 4.66. The molecule has 20 heavy (non-hydrogen) atoms. The molecule has 3 aromatic rings. The molecule has 2 N–H and O–H groups in total. The lowest BCUT2D eigenvalue weighted by Gasteiger charge is -2.13. The van der Waals surface area contributed by atoms with Crippen LogP contribution in [0.4, 0.5) is 5.69 Å². The molecule has 1 aromatic heterocycles. The Hall–Kier alpha value is -2.69. The first-order valence-electron chi connectivity index (χ1n) is 6.44. The normalized spacial score (nSPS) is 12.2. The van der Waals surface area contributed by atoms with Crippen molar-refractivity contribution in [3.05, 3.63) is 60.2 Å². The molecule has 2 aromatic carbocycles. The van der Waals surface area contributed by atoms with Crippen molar-refractivity contribution in [2.45, 2.75) is 13.0 Å². The van der Waals surface area contributed by atoms with E-state index in [0.29, 0.717) is 0 Å². The standard InChI is InChI=1S/C15H15N5/c1-11(12-5-3-2-4-6-12)20-15(17-18-19-20)13-7-9-14(16)10-8-13/h2-11H,16H2,1H3. The molecule has 0 aliphatic rings. The van der Waals surface area contributed by atoms with Gasteiger partial charge in [-0.3, -0.25) is 0 Å². The number of nitrogens with two attached hydrogens (primary N) is 1. The summed E-state index contributed by atoms with van der Waals surface area (Å²) in [6.07, 6.45) is 0. The minimum Gasteiger partial charge on any atom is -0.399 e. The maximum atomic E-state index is 5.71. The van der Waals surface area contributed by atoms with E-state index in [2.05, 4.69) is 34.6 Å². The first kappa shape index (κ1) is 12.3. The van der Waals surface area contributed by atoms with Crippen LogP contribution in [0.15, 0.2) is 54.6 Å². The van der Waals surface area contributed by atoms with Gasteiger partial charge in [0, 0.05) is 11.3 Å². The number of rotatable bonds is 3. The van der Waals surface area contributed by atoms with Gasteiger partial charge in [-0.25, -0.2) is 4.68 Å². The zero-order valence-electron chi connectivity index (χ0n) is 11.1. The third-order valence-corrected chi connectivity index (χ3v) is 3.31. The molecular formula is C15H15N5. The third-order valence-electron chi connectivity index (χ3n) is 3.31. The first-order valence-corrected chi connectivity index (χ1v) is 6.44. The van der Waals surface area contributed by atoms with Crippen molar-refractivity contribution in [2.75, 3.05) is 5.73 Å². The fourth-order valence-electron chi connectivity index (χ4n) is 2.15. The highest BCUT2D eigenvalue weighted by atomic mass is 15.5. The highest BCUT2D eigenvalue weighted by Gasteiger charge is 2.15. The fraction of sp³-hybridized carbons (Fsp3) is 0.133. The Balaban J connectivity index is 2.00. The maximum Gasteiger partial charge on any atom is 0.182 e. The van der Waals surface area contributed by atoms with E-state index in [4.69, 9.17) is 5.73 Å². The number of aromatic nitrogens is 4. The number of nitrogen functional groups attached to an aromatic ring is 1. The molecule has 0 saturated heterocycles. The molecule has 0 aliphatic carbocycles. The van der Waals surface area contributed by atoms with Crippen molar-refractivity contribution in [1.29, 1.82) is 0 Å². The molecule has 5 heteroatoms. The number of tetrazole rings is 1. The van der Waals surface area contributed by atoms with Crippen LogP contribution in [0.2, 0.25) is 0 Å². The van der Waals surface area contributed by atoms with E-state index in [1.165, 1.54) is 0 Å². The second-order valence-electron chi connectivity index (χ2n) is 4.66. The summed E-state index contributed by atoms with van der Waals surface area (Å²) in [5, 5.41) is 12.0. The predicted molar refractivity (Wildman–Crippen MR) is 77.9 cm³/mol. The molecule has 3 rings (SSSR count). The average Bonchev–Trinajstić information content (AvgIpc) is 2.97. The molecule has 1 heterocycles. The molecule has 0 fully saturated rings. The molecule has 1 atom stereocenters. The van der Waals surface area contributed by atoms with Crippen molar-refractivity contribution in [2.24, 2.45) is 0 Å². The SMILES string of the molecule is CC(c1ccccc1)n1nnnc1-c1ccc(N)cc1. The average molecular weight is 265 g/mol. The van der Waals surface area contributed by atoms with Crippen LogP contribution in [0.3, 0.4) is 0 Å². The summed E-state index contributed by atoms with van der Waals surface area (Å²) in [5.74, 6) is 0.737. The van der Waals surface area contributed by atoms with E-state index in [9.17, 15) is 0 Å². The van der Waals surface area contributed by atoms with E-state index < -0.39 is 0 Å². The zero-order valence-corrected chi connectivity index (χ0v) is 11.1. The van der Waals surface area contributed by atoms with Crippen LogP contribution >= 0.6 is 0 Å². The number of nitrogens with zero attached hydrogens (tertiary/aromatic N) is 4. The Kier molecular flexibility index (Phi) is 3.16. The van der Waals surface area contributed by atoms with Gasteiger partial charge in [-0.2, -0.15) is 0 Å². The van der Waals surface area contributed by atoms with Crippen molar-refractivity contribution in [1.82, 2.24) is 20.2 Å². The summed E-state index contributed by atoms with van der Waals surface area (Å²) >= 11 is 0. The lowest BCUT2D eigenvalue weighted by Crippen LogP contribution is -2.10. The van der Waals surface area contributed by atoms with Crippen LogP contribution in [-0.2, 0) is 0 Å². The van der Waals surface area contributed by atoms with Crippen molar-refractivity contribution in [3.8, 4) is 11.4 Å². The van der Waals surface area contributed by atoms with E-state index in [0.717, 1.165) is 22.6 Å². The van der Waals surface area contributed by atoms with Gasteiger partial charge >= 0.3 is 0 Å². The highest BCUT2D eigenvalue weighted by Crippen LogP contribution is 2.23. The van der Waals surface area contributed by atoms with Crippen molar-refractivity contribution < 1.29 is 0 Å². The lowest BCUT2D eigenvalue weighted by molar-refractivity contribution is 0.548.